The number of nitrogens with one attached hydrogen (secondary N) is 1. The molecule has 1 N–H and O–H groups in total. The number of thioether (sulfide) groups is 1. The molecule has 1 atom stereocenters. The van der Waals surface area contributed by atoms with Gasteiger partial charge in [0, 0.05) is 18.1 Å². The maximum absolute atomic E-state index is 12.2. The molecule has 1 fully saturated rings. The van der Waals surface area contributed by atoms with E-state index in [1.807, 2.05) is 0 Å². The molecule has 3 rings (SSSR count). The van der Waals surface area contributed by atoms with Gasteiger partial charge in [0.1, 0.15) is 5.75 Å². The van der Waals surface area contributed by atoms with Gasteiger partial charge in [-0.1, -0.05) is 23.4 Å². The van der Waals surface area contributed by atoms with Crippen molar-refractivity contribution in [2.75, 3.05) is 13.1 Å². The largest absolute Gasteiger partial charge is 0.484 e. The number of carbonyl (C=O) groups excluding carboxylic acids is 2. The number of benzene rings is 1. The van der Waals surface area contributed by atoms with Crippen LogP contribution >= 0.6 is 23.4 Å². The molecule has 2 aromatic rings. The molecule has 1 aromatic carbocycles. The van der Waals surface area contributed by atoms with Crippen LogP contribution in [-0.2, 0) is 11.4 Å². The highest BCUT2D eigenvalue weighted by atomic mass is 35.5. The van der Waals surface area contributed by atoms with Gasteiger partial charge in [-0.25, -0.2) is 4.79 Å². The normalized spacial score (nSPS) is 15.1. The van der Waals surface area contributed by atoms with E-state index in [1.54, 1.807) is 31.2 Å². The SMILES string of the molecule is C[C@@H](Sc1nnc(COc2ccc(Cl)cc2)o1)C(=O)N1CCNC1=O. The molecular formula is C15H15ClN4O4S. The van der Waals surface area contributed by atoms with Gasteiger partial charge < -0.3 is 14.5 Å². The highest BCUT2D eigenvalue weighted by Crippen LogP contribution is 2.24. The molecule has 3 amide bonds. The van der Waals surface area contributed by atoms with E-state index >= 15 is 0 Å². The summed E-state index contributed by atoms with van der Waals surface area (Å²) in [6, 6.07) is 6.52. The molecule has 0 bridgehead atoms. The summed E-state index contributed by atoms with van der Waals surface area (Å²) in [4.78, 5) is 24.9. The summed E-state index contributed by atoms with van der Waals surface area (Å²) in [5.74, 6) is 0.619. The van der Waals surface area contributed by atoms with Gasteiger partial charge in [-0.3, -0.25) is 9.69 Å². The van der Waals surface area contributed by atoms with Gasteiger partial charge in [0.05, 0.1) is 5.25 Å². The number of amides is 3. The van der Waals surface area contributed by atoms with E-state index in [2.05, 4.69) is 15.5 Å². The highest BCUT2D eigenvalue weighted by molar-refractivity contribution is 8.00. The van der Waals surface area contributed by atoms with Crippen LogP contribution < -0.4 is 10.1 Å². The number of aromatic nitrogens is 2. The van der Waals surface area contributed by atoms with Crippen molar-refractivity contribution in [2.24, 2.45) is 0 Å². The lowest BCUT2D eigenvalue weighted by molar-refractivity contribution is -0.126. The number of rotatable bonds is 6. The lowest BCUT2D eigenvalue weighted by Gasteiger charge is -2.15. The van der Waals surface area contributed by atoms with Gasteiger partial charge in [-0.05, 0) is 31.2 Å². The molecule has 1 saturated heterocycles. The standard InChI is InChI=1S/C15H15ClN4O4S/c1-9(13(21)20-7-6-17-14(20)22)25-15-19-18-12(24-15)8-23-11-4-2-10(16)3-5-11/h2-5,9H,6-8H2,1H3,(H,17,22)/t9-/m1/s1. The topological polar surface area (TPSA) is 97.6 Å². The minimum atomic E-state index is -0.519. The molecule has 0 aliphatic carbocycles. The monoisotopic (exact) mass is 382 g/mol. The Kier molecular flexibility index (Phi) is 5.44. The van der Waals surface area contributed by atoms with E-state index in [0.29, 0.717) is 23.9 Å². The van der Waals surface area contributed by atoms with Gasteiger partial charge in [0.25, 0.3) is 11.1 Å². The minimum absolute atomic E-state index is 0.103. The maximum atomic E-state index is 12.2. The van der Waals surface area contributed by atoms with Crippen LogP contribution in [0.2, 0.25) is 5.02 Å². The number of carbonyl (C=O) groups is 2. The first kappa shape index (κ1) is 17.6. The predicted molar refractivity (Wildman–Crippen MR) is 90.5 cm³/mol. The van der Waals surface area contributed by atoms with E-state index in [1.165, 1.54) is 4.90 Å². The first-order valence-corrected chi connectivity index (χ1v) is 8.75. The summed E-state index contributed by atoms with van der Waals surface area (Å²) in [5.41, 5.74) is 0. The van der Waals surface area contributed by atoms with Crippen LogP contribution in [0.3, 0.4) is 0 Å². The molecule has 8 nitrogen and oxygen atoms in total. The van der Waals surface area contributed by atoms with Crippen LogP contribution in [0.5, 0.6) is 5.75 Å². The molecule has 1 aliphatic rings. The van der Waals surface area contributed by atoms with Crippen LogP contribution in [0.25, 0.3) is 0 Å². The van der Waals surface area contributed by atoms with Crippen LogP contribution in [0.15, 0.2) is 33.9 Å². The van der Waals surface area contributed by atoms with Crippen molar-refractivity contribution in [3.63, 3.8) is 0 Å². The second kappa shape index (κ2) is 7.75. The van der Waals surface area contributed by atoms with Gasteiger partial charge in [0.2, 0.25) is 5.91 Å². The quantitative estimate of drug-likeness (QED) is 0.765. The van der Waals surface area contributed by atoms with Crippen LogP contribution in [0.1, 0.15) is 12.8 Å². The smallest absolute Gasteiger partial charge is 0.324 e. The molecule has 1 aliphatic heterocycles. The van der Waals surface area contributed by atoms with Crippen LogP contribution in [-0.4, -0.2) is 45.4 Å². The van der Waals surface area contributed by atoms with Crippen molar-refractivity contribution in [1.82, 2.24) is 20.4 Å². The van der Waals surface area contributed by atoms with Crippen molar-refractivity contribution in [2.45, 2.75) is 24.0 Å². The molecule has 2 heterocycles. The zero-order chi connectivity index (χ0) is 17.8. The molecule has 10 heteroatoms. The van der Waals surface area contributed by atoms with Gasteiger partial charge in [-0.2, -0.15) is 0 Å². The summed E-state index contributed by atoms with van der Waals surface area (Å²) in [6.45, 7) is 2.63. The molecule has 132 valence electrons. The van der Waals surface area contributed by atoms with E-state index in [0.717, 1.165) is 11.8 Å². The Bertz CT molecular complexity index is 767. The van der Waals surface area contributed by atoms with E-state index in [4.69, 9.17) is 20.8 Å². The Balaban J connectivity index is 1.53. The molecule has 25 heavy (non-hydrogen) atoms. The fraction of sp³-hybridized carbons (Fsp3) is 0.333. The van der Waals surface area contributed by atoms with E-state index in [9.17, 15) is 9.59 Å². The van der Waals surface area contributed by atoms with Crippen molar-refractivity contribution < 1.29 is 18.7 Å². The lowest BCUT2D eigenvalue weighted by Crippen LogP contribution is -2.38. The summed E-state index contributed by atoms with van der Waals surface area (Å²) in [7, 11) is 0. The molecule has 0 unspecified atom stereocenters. The number of urea groups is 1. The average molecular weight is 383 g/mol. The van der Waals surface area contributed by atoms with Crippen LogP contribution in [0, 0.1) is 0 Å². The second-order valence-electron chi connectivity index (χ2n) is 5.19. The Morgan fingerprint density at radius 3 is 2.88 bits per heavy atom. The third-order valence-corrected chi connectivity index (χ3v) is 4.55. The molecule has 0 saturated carbocycles. The number of halogens is 1. The highest BCUT2D eigenvalue weighted by Gasteiger charge is 2.31. The van der Waals surface area contributed by atoms with Gasteiger partial charge in [-0.15, -0.1) is 10.2 Å². The Morgan fingerprint density at radius 1 is 1.44 bits per heavy atom. The first-order chi connectivity index (χ1) is 12.0. The zero-order valence-corrected chi connectivity index (χ0v) is 14.8. The fourth-order valence-corrected chi connectivity index (χ4v) is 3.01. The maximum Gasteiger partial charge on any atom is 0.324 e. The number of ether oxygens (including phenoxy) is 1. The first-order valence-electron chi connectivity index (χ1n) is 7.49. The third kappa shape index (κ3) is 4.43. The number of imide groups is 1. The minimum Gasteiger partial charge on any atom is -0.484 e. The Labute approximate surface area is 152 Å². The number of nitrogens with zero attached hydrogens (tertiary/aromatic N) is 3. The van der Waals surface area contributed by atoms with Gasteiger partial charge in [0.15, 0.2) is 6.61 Å². The second-order valence-corrected chi connectivity index (χ2v) is 6.91. The zero-order valence-electron chi connectivity index (χ0n) is 13.3. The van der Waals surface area contributed by atoms with E-state index < -0.39 is 5.25 Å². The lowest BCUT2D eigenvalue weighted by atomic mass is 10.3. The van der Waals surface area contributed by atoms with Crippen molar-refractivity contribution in [3.05, 3.63) is 35.2 Å². The van der Waals surface area contributed by atoms with Crippen molar-refractivity contribution >= 4 is 35.3 Å². The Hall–Kier alpha value is -2.26. The average Bonchev–Trinajstić information content (AvgIpc) is 3.22. The number of hydrogen-bond acceptors (Lipinski definition) is 7. The van der Waals surface area contributed by atoms with Crippen molar-refractivity contribution in [3.8, 4) is 5.75 Å². The summed E-state index contributed by atoms with van der Waals surface area (Å²) in [5, 5.41) is 10.7. The third-order valence-electron chi connectivity index (χ3n) is 3.37. The number of hydrogen-bond donors (Lipinski definition) is 1. The summed E-state index contributed by atoms with van der Waals surface area (Å²) in [6.07, 6.45) is 0. The summed E-state index contributed by atoms with van der Waals surface area (Å²) < 4.78 is 11.0. The Morgan fingerprint density at radius 2 is 2.20 bits per heavy atom. The van der Waals surface area contributed by atoms with Crippen LogP contribution in [0.4, 0.5) is 4.79 Å². The van der Waals surface area contributed by atoms with Gasteiger partial charge >= 0.3 is 6.03 Å². The fourth-order valence-electron chi connectivity index (χ4n) is 2.12. The molecule has 0 spiro atoms. The predicted octanol–water partition coefficient (Wildman–Crippen LogP) is 2.33. The summed E-state index contributed by atoms with van der Waals surface area (Å²) >= 11 is 6.91. The molecule has 0 radical (unpaired) electrons. The van der Waals surface area contributed by atoms with E-state index in [-0.39, 0.29) is 29.7 Å². The molecular weight excluding hydrogens is 368 g/mol. The molecule has 1 aromatic heterocycles. The van der Waals surface area contributed by atoms with Crippen molar-refractivity contribution in [1.29, 1.82) is 0 Å².